The molecule has 5 rings (SSSR count). The fourth-order valence-corrected chi connectivity index (χ4v) is 3.14. The number of carbonyl (C=O) groups is 1. The maximum atomic E-state index is 12.6. The highest BCUT2D eigenvalue weighted by atomic mass is 16.7. The molecule has 0 atom stereocenters. The second-order valence-electron chi connectivity index (χ2n) is 6.44. The summed E-state index contributed by atoms with van der Waals surface area (Å²) in [6.07, 6.45) is 1.74. The first-order valence-corrected chi connectivity index (χ1v) is 9.05. The summed E-state index contributed by atoms with van der Waals surface area (Å²) in [6.45, 7) is 0.185. The minimum Gasteiger partial charge on any atom is -0.454 e. The van der Waals surface area contributed by atoms with Crippen molar-refractivity contribution in [2.45, 2.75) is 0 Å². The van der Waals surface area contributed by atoms with Crippen molar-refractivity contribution in [1.29, 1.82) is 0 Å². The zero-order valence-electron chi connectivity index (χ0n) is 15.3. The Bertz CT molecular complexity index is 1220. The minimum absolute atomic E-state index is 0.185. The molecule has 7 nitrogen and oxygen atoms in total. The van der Waals surface area contributed by atoms with Crippen molar-refractivity contribution < 1.29 is 14.3 Å². The molecule has 0 saturated carbocycles. The molecule has 2 N–H and O–H groups in total. The number of hydrogen-bond donors (Lipinski definition) is 2. The molecule has 0 spiro atoms. The number of nitrogens with one attached hydrogen (secondary N) is 2. The molecular formula is C22H16N4O3. The normalized spacial score (nSPS) is 12.0. The van der Waals surface area contributed by atoms with Crippen LogP contribution in [0.2, 0.25) is 0 Å². The van der Waals surface area contributed by atoms with E-state index in [0.29, 0.717) is 28.8 Å². The van der Waals surface area contributed by atoms with E-state index in [4.69, 9.17) is 9.47 Å². The molecule has 0 bridgehead atoms. The summed E-state index contributed by atoms with van der Waals surface area (Å²) < 4.78 is 10.6. The van der Waals surface area contributed by atoms with Crippen LogP contribution in [0.1, 0.15) is 10.5 Å². The summed E-state index contributed by atoms with van der Waals surface area (Å²) in [5, 5.41) is 8.08. The number of hydrogen-bond acceptors (Lipinski definition) is 6. The lowest BCUT2D eigenvalue weighted by Gasteiger charge is -2.10. The number of pyridine rings is 2. The topological polar surface area (TPSA) is 85.4 Å². The Hall–Kier alpha value is -4.13. The van der Waals surface area contributed by atoms with Gasteiger partial charge in [-0.3, -0.25) is 4.79 Å². The van der Waals surface area contributed by atoms with Gasteiger partial charge in [0.05, 0.1) is 0 Å². The molecule has 1 amide bonds. The van der Waals surface area contributed by atoms with Crippen LogP contribution in [0.5, 0.6) is 11.5 Å². The van der Waals surface area contributed by atoms with Gasteiger partial charge in [-0.25, -0.2) is 9.97 Å². The van der Waals surface area contributed by atoms with Crippen LogP contribution in [-0.2, 0) is 0 Å². The van der Waals surface area contributed by atoms with Gasteiger partial charge in [0.1, 0.15) is 17.3 Å². The lowest BCUT2D eigenvalue weighted by molar-refractivity contribution is 0.102. The van der Waals surface area contributed by atoms with Crippen LogP contribution < -0.4 is 20.1 Å². The van der Waals surface area contributed by atoms with E-state index in [1.807, 2.05) is 30.3 Å². The number of rotatable bonds is 4. The highest BCUT2D eigenvalue weighted by Crippen LogP contribution is 2.34. The summed E-state index contributed by atoms with van der Waals surface area (Å²) >= 11 is 0. The lowest BCUT2D eigenvalue weighted by atomic mass is 10.1. The molecule has 0 aliphatic carbocycles. The number of benzene rings is 2. The van der Waals surface area contributed by atoms with E-state index >= 15 is 0 Å². The summed E-state index contributed by atoms with van der Waals surface area (Å²) in [7, 11) is 0. The van der Waals surface area contributed by atoms with Gasteiger partial charge < -0.3 is 20.1 Å². The number of fused-ring (bicyclic) bond motifs is 2. The van der Waals surface area contributed by atoms with Crippen molar-refractivity contribution in [3.8, 4) is 11.5 Å². The molecule has 142 valence electrons. The SMILES string of the molecule is O=C(Nc1ccc2c(c1)OCO2)c1cccc(Nc2nccc3ccccc23)n1. The Morgan fingerprint density at radius 3 is 2.79 bits per heavy atom. The van der Waals surface area contributed by atoms with Gasteiger partial charge in [0.25, 0.3) is 5.91 Å². The van der Waals surface area contributed by atoms with E-state index in [1.54, 1.807) is 42.6 Å². The number of amides is 1. The third-order valence-corrected chi connectivity index (χ3v) is 4.53. The van der Waals surface area contributed by atoms with Crippen LogP contribution in [0.25, 0.3) is 10.8 Å². The van der Waals surface area contributed by atoms with Gasteiger partial charge in [0.2, 0.25) is 6.79 Å². The predicted octanol–water partition coefficient (Wildman–Crippen LogP) is 4.35. The number of carbonyl (C=O) groups excluding carboxylic acids is 1. The summed E-state index contributed by atoms with van der Waals surface area (Å²) in [5.74, 6) is 2.16. The standard InChI is InChI=1S/C22H16N4O3/c27-22(24-15-8-9-18-19(12-15)29-13-28-18)17-6-3-7-20(25-17)26-21-16-5-2-1-4-14(16)10-11-23-21/h1-12H,13H2,(H,24,27)(H,23,25,26). The van der Waals surface area contributed by atoms with Gasteiger partial charge in [-0.2, -0.15) is 0 Å². The third-order valence-electron chi connectivity index (χ3n) is 4.53. The number of nitrogens with zero attached hydrogens (tertiary/aromatic N) is 2. The van der Waals surface area contributed by atoms with E-state index in [1.165, 1.54) is 0 Å². The van der Waals surface area contributed by atoms with Crippen LogP contribution in [0.15, 0.2) is 72.9 Å². The molecule has 29 heavy (non-hydrogen) atoms. The van der Waals surface area contributed by atoms with Crippen LogP contribution in [0, 0.1) is 0 Å². The number of aromatic nitrogens is 2. The Balaban J connectivity index is 1.37. The average molecular weight is 384 g/mol. The van der Waals surface area contributed by atoms with Gasteiger partial charge in [0.15, 0.2) is 11.5 Å². The molecule has 1 aliphatic rings. The van der Waals surface area contributed by atoms with Crippen LogP contribution in [0.4, 0.5) is 17.3 Å². The molecule has 0 radical (unpaired) electrons. The molecule has 0 saturated heterocycles. The molecule has 7 heteroatoms. The van der Waals surface area contributed by atoms with E-state index in [2.05, 4.69) is 20.6 Å². The smallest absolute Gasteiger partial charge is 0.274 e. The first-order chi connectivity index (χ1) is 14.3. The van der Waals surface area contributed by atoms with Gasteiger partial charge in [-0.05, 0) is 35.7 Å². The summed E-state index contributed by atoms with van der Waals surface area (Å²) in [6, 6.07) is 20.4. The van der Waals surface area contributed by atoms with Crippen molar-refractivity contribution in [3.05, 3.63) is 78.6 Å². The molecule has 0 fully saturated rings. The highest BCUT2D eigenvalue weighted by Gasteiger charge is 2.15. The Morgan fingerprint density at radius 1 is 0.931 bits per heavy atom. The highest BCUT2D eigenvalue weighted by molar-refractivity contribution is 6.03. The molecule has 2 aromatic heterocycles. The first-order valence-electron chi connectivity index (χ1n) is 9.05. The maximum Gasteiger partial charge on any atom is 0.274 e. The Labute approximate surface area is 166 Å². The average Bonchev–Trinajstić information content (AvgIpc) is 3.22. The molecular weight excluding hydrogens is 368 g/mol. The minimum atomic E-state index is -0.321. The van der Waals surface area contributed by atoms with Crippen LogP contribution >= 0.6 is 0 Å². The van der Waals surface area contributed by atoms with Crippen LogP contribution in [-0.4, -0.2) is 22.7 Å². The fourth-order valence-electron chi connectivity index (χ4n) is 3.14. The zero-order valence-corrected chi connectivity index (χ0v) is 15.3. The quantitative estimate of drug-likeness (QED) is 0.544. The molecule has 3 heterocycles. The van der Waals surface area contributed by atoms with Crippen molar-refractivity contribution in [2.24, 2.45) is 0 Å². The van der Waals surface area contributed by atoms with Gasteiger partial charge >= 0.3 is 0 Å². The van der Waals surface area contributed by atoms with Gasteiger partial charge in [-0.1, -0.05) is 30.3 Å². The monoisotopic (exact) mass is 384 g/mol. The van der Waals surface area contributed by atoms with Crippen molar-refractivity contribution in [2.75, 3.05) is 17.4 Å². The third kappa shape index (κ3) is 3.41. The molecule has 1 aliphatic heterocycles. The molecule has 4 aromatic rings. The number of anilines is 3. The van der Waals surface area contributed by atoms with E-state index < -0.39 is 0 Å². The van der Waals surface area contributed by atoms with Crippen molar-refractivity contribution in [3.63, 3.8) is 0 Å². The molecule has 2 aromatic carbocycles. The molecule has 0 unspecified atom stereocenters. The van der Waals surface area contributed by atoms with E-state index in [9.17, 15) is 4.79 Å². The fraction of sp³-hybridized carbons (Fsp3) is 0.0455. The Kier molecular flexibility index (Phi) is 4.18. The number of ether oxygens (including phenoxy) is 2. The van der Waals surface area contributed by atoms with Crippen molar-refractivity contribution >= 4 is 34.0 Å². The lowest BCUT2D eigenvalue weighted by Crippen LogP contribution is -2.14. The summed E-state index contributed by atoms with van der Waals surface area (Å²) in [5.41, 5.74) is 0.892. The first kappa shape index (κ1) is 17.0. The van der Waals surface area contributed by atoms with Gasteiger partial charge in [-0.15, -0.1) is 0 Å². The maximum absolute atomic E-state index is 12.6. The Morgan fingerprint density at radius 2 is 1.83 bits per heavy atom. The predicted molar refractivity (Wildman–Crippen MR) is 110 cm³/mol. The zero-order chi connectivity index (χ0) is 19.6. The van der Waals surface area contributed by atoms with Crippen molar-refractivity contribution in [1.82, 2.24) is 9.97 Å². The second-order valence-corrected chi connectivity index (χ2v) is 6.44. The summed E-state index contributed by atoms with van der Waals surface area (Å²) in [4.78, 5) is 21.5. The van der Waals surface area contributed by atoms with E-state index in [0.717, 1.165) is 10.8 Å². The largest absolute Gasteiger partial charge is 0.454 e. The van der Waals surface area contributed by atoms with Crippen LogP contribution in [0.3, 0.4) is 0 Å². The second kappa shape index (κ2) is 7.12. The van der Waals surface area contributed by atoms with E-state index in [-0.39, 0.29) is 18.4 Å². The van der Waals surface area contributed by atoms with Gasteiger partial charge in [0, 0.05) is 23.3 Å².